The number of halogens is 1. The summed E-state index contributed by atoms with van der Waals surface area (Å²) < 4.78 is 15.0. The number of nitrogens with two attached hydrogens (primary N) is 1. The van der Waals surface area contributed by atoms with Crippen LogP contribution < -0.4 is 16.4 Å². The van der Waals surface area contributed by atoms with E-state index < -0.39 is 6.03 Å². The van der Waals surface area contributed by atoms with Crippen molar-refractivity contribution in [2.75, 3.05) is 16.4 Å². The summed E-state index contributed by atoms with van der Waals surface area (Å²) in [4.78, 5) is 16.5. The number of carbonyl (C=O) groups excluding carboxylic acids is 1. The minimum atomic E-state index is -0.413. The second-order valence-corrected chi connectivity index (χ2v) is 6.71. The van der Waals surface area contributed by atoms with Gasteiger partial charge in [0.25, 0.3) is 0 Å². The molecule has 146 valence electrons. The van der Waals surface area contributed by atoms with Crippen LogP contribution in [-0.4, -0.2) is 20.8 Å². The fraction of sp³-hybridized carbons (Fsp3) is 0.0952. The molecule has 0 unspecified atom stereocenters. The van der Waals surface area contributed by atoms with Gasteiger partial charge >= 0.3 is 6.03 Å². The van der Waals surface area contributed by atoms with Crippen molar-refractivity contribution in [3.05, 3.63) is 66.2 Å². The minimum Gasteiger partial charge on any atom is -0.382 e. The zero-order valence-corrected chi connectivity index (χ0v) is 15.9. The van der Waals surface area contributed by atoms with Crippen LogP contribution in [0.1, 0.15) is 5.56 Å². The number of amides is 2. The average Bonchev–Trinajstić information content (AvgIpc) is 2.99. The highest BCUT2D eigenvalue weighted by Crippen LogP contribution is 2.31. The number of aromatic nitrogens is 3. The summed E-state index contributed by atoms with van der Waals surface area (Å²) in [6, 6.07) is 11.3. The van der Waals surface area contributed by atoms with Crippen molar-refractivity contribution >= 4 is 34.1 Å². The molecule has 2 heterocycles. The van der Waals surface area contributed by atoms with Crippen LogP contribution in [-0.2, 0) is 7.05 Å². The molecule has 8 heteroatoms. The first-order chi connectivity index (χ1) is 13.9. The van der Waals surface area contributed by atoms with Gasteiger partial charge in [-0.2, -0.15) is 5.10 Å². The van der Waals surface area contributed by atoms with E-state index >= 15 is 0 Å². The maximum atomic E-state index is 13.3. The van der Waals surface area contributed by atoms with E-state index in [0.29, 0.717) is 22.8 Å². The second kappa shape index (κ2) is 7.23. The van der Waals surface area contributed by atoms with E-state index in [-0.39, 0.29) is 5.82 Å². The van der Waals surface area contributed by atoms with Crippen molar-refractivity contribution in [1.29, 1.82) is 0 Å². The van der Waals surface area contributed by atoms with Crippen molar-refractivity contribution in [3.8, 4) is 11.1 Å². The molecule has 0 aliphatic rings. The largest absolute Gasteiger partial charge is 0.382 e. The van der Waals surface area contributed by atoms with Gasteiger partial charge in [-0.05, 0) is 48.4 Å². The molecule has 0 saturated heterocycles. The van der Waals surface area contributed by atoms with Crippen LogP contribution in [0, 0.1) is 12.7 Å². The molecule has 2 amide bonds. The SMILES string of the molecule is Cc1cc(NC(=O)Nc2ccc(-c3cncc4c3c(N)nn4C)cc2)ccc1F. The molecule has 29 heavy (non-hydrogen) atoms. The van der Waals surface area contributed by atoms with Crippen LogP contribution in [0.2, 0.25) is 0 Å². The van der Waals surface area contributed by atoms with Gasteiger partial charge in [0.05, 0.1) is 17.1 Å². The van der Waals surface area contributed by atoms with Gasteiger partial charge in [0, 0.05) is 30.2 Å². The smallest absolute Gasteiger partial charge is 0.323 e. The number of anilines is 3. The van der Waals surface area contributed by atoms with E-state index in [2.05, 4.69) is 20.7 Å². The zero-order valence-electron chi connectivity index (χ0n) is 15.9. The topological polar surface area (TPSA) is 97.9 Å². The van der Waals surface area contributed by atoms with Crippen molar-refractivity contribution in [2.24, 2.45) is 7.05 Å². The monoisotopic (exact) mass is 390 g/mol. The highest BCUT2D eigenvalue weighted by atomic mass is 19.1. The fourth-order valence-corrected chi connectivity index (χ4v) is 3.20. The Morgan fingerprint density at radius 3 is 2.48 bits per heavy atom. The summed E-state index contributed by atoms with van der Waals surface area (Å²) in [5.41, 5.74) is 10.3. The van der Waals surface area contributed by atoms with E-state index in [9.17, 15) is 9.18 Å². The Hall–Kier alpha value is -3.94. The highest BCUT2D eigenvalue weighted by Gasteiger charge is 2.13. The first-order valence-electron chi connectivity index (χ1n) is 8.93. The Labute approximate surface area is 166 Å². The number of nitrogens with one attached hydrogen (secondary N) is 2. The molecular formula is C21H19FN6O. The van der Waals surface area contributed by atoms with E-state index in [4.69, 9.17) is 5.73 Å². The average molecular weight is 390 g/mol. The number of benzene rings is 2. The Kier molecular flexibility index (Phi) is 4.59. The summed E-state index contributed by atoms with van der Waals surface area (Å²) in [5.74, 6) is 0.126. The summed E-state index contributed by atoms with van der Waals surface area (Å²) in [5, 5.41) is 10.5. The third-order valence-electron chi connectivity index (χ3n) is 4.66. The number of nitrogens with zero attached hydrogens (tertiary/aromatic N) is 3. The number of hydrogen-bond acceptors (Lipinski definition) is 4. The number of aryl methyl sites for hydroxylation is 2. The van der Waals surface area contributed by atoms with Gasteiger partial charge in [-0.25, -0.2) is 9.18 Å². The Morgan fingerprint density at radius 2 is 1.76 bits per heavy atom. The lowest BCUT2D eigenvalue weighted by molar-refractivity contribution is 0.262. The summed E-state index contributed by atoms with van der Waals surface area (Å²) >= 11 is 0. The maximum absolute atomic E-state index is 13.3. The van der Waals surface area contributed by atoms with E-state index in [1.54, 1.807) is 42.2 Å². The van der Waals surface area contributed by atoms with Crippen LogP contribution in [0.4, 0.5) is 26.4 Å². The number of fused-ring (bicyclic) bond motifs is 1. The molecule has 0 bridgehead atoms. The summed E-state index contributed by atoms with van der Waals surface area (Å²) in [6.45, 7) is 1.64. The molecule has 4 aromatic rings. The first-order valence-corrected chi connectivity index (χ1v) is 8.93. The molecule has 4 N–H and O–H groups in total. The molecule has 0 radical (unpaired) electrons. The number of urea groups is 1. The third kappa shape index (κ3) is 3.60. The fourth-order valence-electron chi connectivity index (χ4n) is 3.20. The quantitative estimate of drug-likeness (QED) is 0.485. The van der Waals surface area contributed by atoms with Crippen molar-refractivity contribution in [3.63, 3.8) is 0 Å². The Morgan fingerprint density at radius 1 is 1.07 bits per heavy atom. The molecule has 2 aromatic carbocycles. The van der Waals surface area contributed by atoms with Crippen molar-refractivity contribution in [1.82, 2.24) is 14.8 Å². The van der Waals surface area contributed by atoms with Crippen LogP contribution in [0.15, 0.2) is 54.9 Å². The molecule has 4 rings (SSSR count). The van der Waals surface area contributed by atoms with Crippen LogP contribution in [0.25, 0.3) is 22.0 Å². The number of rotatable bonds is 3. The molecular weight excluding hydrogens is 371 g/mol. The minimum absolute atomic E-state index is 0.315. The second-order valence-electron chi connectivity index (χ2n) is 6.71. The van der Waals surface area contributed by atoms with Crippen LogP contribution >= 0.6 is 0 Å². The number of pyridine rings is 1. The molecule has 0 saturated carbocycles. The lowest BCUT2D eigenvalue weighted by Crippen LogP contribution is -2.19. The Balaban J connectivity index is 1.52. The molecule has 2 aromatic heterocycles. The predicted octanol–water partition coefficient (Wildman–Crippen LogP) is 4.31. The maximum Gasteiger partial charge on any atom is 0.323 e. The molecule has 0 aliphatic heterocycles. The third-order valence-corrected chi connectivity index (χ3v) is 4.66. The van der Waals surface area contributed by atoms with Crippen LogP contribution in [0.5, 0.6) is 0 Å². The van der Waals surface area contributed by atoms with Gasteiger partial charge < -0.3 is 16.4 Å². The van der Waals surface area contributed by atoms with E-state index in [1.807, 2.05) is 19.2 Å². The summed E-state index contributed by atoms with van der Waals surface area (Å²) in [6.07, 6.45) is 3.46. The zero-order chi connectivity index (χ0) is 20.5. The van der Waals surface area contributed by atoms with Crippen LogP contribution in [0.3, 0.4) is 0 Å². The van der Waals surface area contributed by atoms with E-state index in [0.717, 1.165) is 22.0 Å². The standard InChI is InChI=1S/C21H19FN6O/c1-12-9-15(7-8-17(12)22)26-21(29)25-14-5-3-13(4-6-14)16-10-24-11-18-19(16)20(23)27-28(18)2/h3-11H,1-2H3,(H2,23,27)(H2,25,26,29). The van der Waals surface area contributed by atoms with Gasteiger partial charge in [-0.1, -0.05) is 12.1 Å². The molecule has 0 fully saturated rings. The lowest BCUT2D eigenvalue weighted by Gasteiger charge is -2.10. The predicted molar refractivity (Wildman–Crippen MR) is 112 cm³/mol. The van der Waals surface area contributed by atoms with Gasteiger partial charge in [-0.15, -0.1) is 0 Å². The molecule has 0 aliphatic carbocycles. The molecule has 7 nitrogen and oxygen atoms in total. The van der Waals surface area contributed by atoms with Crippen molar-refractivity contribution in [2.45, 2.75) is 6.92 Å². The van der Waals surface area contributed by atoms with E-state index in [1.165, 1.54) is 12.1 Å². The van der Waals surface area contributed by atoms with Gasteiger partial charge in [0.2, 0.25) is 0 Å². The molecule has 0 spiro atoms. The number of hydrogen-bond donors (Lipinski definition) is 3. The Bertz CT molecular complexity index is 1220. The first kappa shape index (κ1) is 18.4. The number of nitrogen functional groups attached to an aromatic ring is 1. The van der Waals surface area contributed by atoms with Crippen molar-refractivity contribution < 1.29 is 9.18 Å². The van der Waals surface area contributed by atoms with Gasteiger partial charge in [0.15, 0.2) is 5.82 Å². The van der Waals surface area contributed by atoms with Gasteiger partial charge in [-0.3, -0.25) is 9.67 Å². The summed E-state index contributed by atoms with van der Waals surface area (Å²) in [7, 11) is 1.82. The molecule has 0 atom stereocenters. The van der Waals surface area contributed by atoms with Gasteiger partial charge in [0.1, 0.15) is 5.82 Å². The highest BCUT2D eigenvalue weighted by molar-refractivity contribution is 6.02. The normalized spacial score (nSPS) is 10.9. The lowest BCUT2D eigenvalue weighted by atomic mass is 10.0. The number of carbonyl (C=O) groups is 1.